The zero-order valence-electron chi connectivity index (χ0n) is 16.8. The van der Waals surface area contributed by atoms with Crippen LogP contribution in [0.1, 0.15) is 65.7 Å². The van der Waals surface area contributed by atoms with E-state index in [0.29, 0.717) is 12.3 Å². The van der Waals surface area contributed by atoms with Crippen molar-refractivity contribution >= 4 is 5.97 Å². The van der Waals surface area contributed by atoms with Gasteiger partial charge in [0.2, 0.25) is 0 Å². The monoisotopic (exact) mass is 378 g/mol. The Labute approximate surface area is 161 Å². The second-order valence-electron chi connectivity index (χ2n) is 10.3. The first-order chi connectivity index (χ1) is 12.6. The first-order valence-electron chi connectivity index (χ1n) is 10.5. The number of ether oxygens (including phenoxy) is 1. The van der Waals surface area contributed by atoms with Crippen molar-refractivity contribution < 1.29 is 24.9 Å². The fourth-order valence-electron chi connectivity index (χ4n) is 7.40. The van der Waals surface area contributed by atoms with Gasteiger partial charge in [-0.1, -0.05) is 31.9 Å². The van der Waals surface area contributed by atoms with Crippen molar-refractivity contribution in [1.29, 1.82) is 0 Å². The maximum atomic E-state index is 11.3. The molecule has 0 aromatic heterocycles. The van der Waals surface area contributed by atoms with Crippen LogP contribution in [0.2, 0.25) is 0 Å². The van der Waals surface area contributed by atoms with Crippen LogP contribution < -0.4 is 0 Å². The number of hydrogen-bond acceptors (Lipinski definition) is 5. The molecule has 0 aromatic rings. The van der Waals surface area contributed by atoms with Crippen LogP contribution in [0.5, 0.6) is 0 Å². The molecular weight excluding hydrogens is 344 g/mol. The van der Waals surface area contributed by atoms with Crippen molar-refractivity contribution in [2.24, 2.45) is 28.1 Å². The highest BCUT2D eigenvalue weighted by Gasteiger charge is 2.67. The molecule has 5 heteroatoms. The van der Waals surface area contributed by atoms with Crippen LogP contribution in [0.4, 0.5) is 0 Å². The van der Waals surface area contributed by atoms with Gasteiger partial charge in [-0.25, -0.2) is 0 Å². The van der Waals surface area contributed by atoms with Gasteiger partial charge in [0.1, 0.15) is 12.2 Å². The van der Waals surface area contributed by atoms with Gasteiger partial charge in [0.25, 0.3) is 0 Å². The van der Waals surface area contributed by atoms with E-state index in [-0.39, 0.29) is 29.5 Å². The van der Waals surface area contributed by atoms with Crippen LogP contribution in [-0.2, 0) is 9.53 Å². The third-order valence-corrected chi connectivity index (χ3v) is 8.85. The van der Waals surface area contributed by atoms with E-state index in [0.717, 1.165) is 38.5 Å². The van der Waals surface area contributed by atoms with E-state index in [4.69, 9.17) is 4.74 Å². The molecule has 0 aliphatic heterocycles. The number of hydrogen-bond donors (Lipinski definition) is 3. The van der Waals surface area contributed by atoms with Gasteiger partial charge < -0.3 is 20.1 Å². The van der Waals surface area contributed by atoms with E-state index < -0.39 is 23.6 Å². The minimum atomic E-state index is -1.19. The molecule has 4 aliphatic rings. The summed E-state index contributed by atoms with van der Waals surface area (Å²) in [5, 5.41) is 32.6. The van der Waals surface area contributed by atoms with E-state index in [1.807, 2.05) is 0 Å². The van der Waals surface area contributed by atoms with E-state index in [2.05, 4.69) is 19.9 Å². The molecule has 3 saturated carbocycles. The highest BCUT2D eigenvalue weighted by Crippen LogP contribution is 2.70. The summed E-state index contributed by atoms with van der Waals surface area (Å²) in [6.07, 6.45) is 7.91. The number of aliphatic hydroxyl groups excluding tert-OH is 2. The zero-order valence-corrected chi connectivity index (χ0v) is 16.8. The average Bonchev–Trinajstić information content (AvgIpc) is 2.84. The Balaban J connectivity index is 1.73. The molecule has 152 valence electrons. The number of fused-ring (bicyclic) bond motifs is 3. The van der Waals surface area contributed by atoms with Crippen molar-refractivity contribution in [3.8, 4) is 0 Å². The molecule has 0 heterocycles. The predicted molar refractivity (Wildman–Crippen MR) is 101 cm³/mol. The number of carbonyl (C=O) groups excluding carboxylic acids is 1. The lowest BCUT2D eigenvalue weighted by Crippen LogP contribution is -2.59. The normalized spacial score (nSPS) is 51.2. The first-order valence-corrected chi connectivity index (χ1v) is 10.5. The zero-order chi connectivity index (χ0) is 19.7. The summed E-state index contributed by atoms with van der Waals surface area (Å²) in [5.74, 6) is -0.397. The van der Waals surface area contributed by atoms with E-state index in [1.54, 1.807) is 0 Å². The number of esters is 1. The Hall–Kier alpha value is -0.910. The van der Waals surface area contributed by atoms with Gasteiger partial charge >= 0.3 is 5.97 Å². The maximum Gasteiger partial charge on any atom is 0.302 e. The molecular formula is C22H34O5. The Kier molecular flexibility index (Phi) is 4.34. The largest absolute Gasteiger partial charge is 0.463 e. The predicted octanol–water partition coefficient (Wildman–Crippen LogP) is 2.58. The minimum Gasteiger partial charge on any atom is -0.463 e. The summed E-state index contributed by atoms with van der Waals surface area (Å²) < 4.78 is 5.15. The summed E-state index contributed by atoms with van der Waals surface area (Å²) >= 11 is 0. The lowest BCUT2D eigenvalue weighted by Gasteiger charge is -2.61. The highest BCUT2D eigenvalue weighted by molar-refractivity contribution is 5.66. The molecule has 2 bridgehead atoms. The molecule has 0 saturated heterocycles. The SMILES string of the molecule is CC(=O)OC[C@@]1(O)CC[C@]23CC[C@H]4[C@](C)(CO)CCC[C@]4(C)C2=C[C@H]1[C@H]3O. The number of carbonyl (C=O) groups is 1. The lowest BCUT2D eigenvalue weighted by atomic mass is 9.44. The lowest BCUT2D eigenvalue weighted by molar-refractivity contribution is -0.175. The average molecular weight is 379 g/mol. The molecule has 5 nitrogen and oxygen atoms in total. The summed E-state index contributed by atoms with van der Waals surface area (Å²) in [5.41, 5.74) is -0.267. The van der Waals surface area contributed by atoms with Crippen LogP contribution in [-0.4, -0.2) is 46.2 Å². The van der Waals surface area contributed by atoms with Gasteiger partial charge in [-0.15, -0.1) is 0 Å². The van der Waals surface area contributed by atoms with Crippen LogP contribution in [0.15, 0.2) is 11.6 Å². The van der Waals surface area contributed by atoms with Gasteiger partial charge in [0, 0.05) is 24.9 Å². The maximum absolute atomic E-state index is 11.3. The van der Waals surface area contributed by atoms with Gasteiger partial charge in [-0.3, -0.25) is 4.79 Å². The fraction of sp³-hybridized carbons (Fsp3) is 0.864. The Morgan fingerprint density at radius 2 is 1.96 bits per heavy atom. The van der Waals surface area contributed by atoms with Gasteiger partial charge in [-0.05, 0) is 55.3 Å². The van der Waals surface area contributed by atoms with Gasteiger partial charge in [-0.2, -0.15) is 0 Å². The van der Waals surface area contributed by atoms with Crippen molar-refractivity contribution in [3.05, 3.63) is 11.6 Å². The molecule has 0 radical (unpaired) electrons. The molecule has 0 amide bonds. The molecule has 27 heavy (non-hydrogen) atoms. The highest BCUT2D eigenvalue weighted by atomic mass is 16.5. The molecule has 7 atom stereocenters. The molecule has 3 N–H and O–H groups in total. The van der Waals surface area contributed by atoms with Gasteiger partial charge in [0.05, 0.1) is 6.10 Å². The van der Waals surface area contributed by atoms with Crippen molar-refractivity contribution in [2.45, 2.75) is 77.4 Å². The van der Waals surface area contributed by atoms with Crippen molar-refractivity contribution in [3.63, 3.8) is 0 Å². The number of rotatable bonds is 3. The third-order valence-electron chi connectivity index (χ3n) is 8.85. The van der Waals surface area contributed by atoms with E-state index >= 15 is 0 Å². The van der Waals surface area contributed by atoms with Crippen LogP contribution in [0.3, 0.4) is 0 Å². The van der Waals surface area contributed by atoms with Crippen LogP contribution >= 0.6 is 0 Å². The van der Waals surface area contributed by atoms with Crippen molar-refractivity contribution in [2.75, 3.05) is 13.2 Å². The molecule has 3 fully saturated rings. The van der Waals surface area contributed by atoms with Crippen LogP contribution in [0, 0.1) is 28.1 Å². The van der Waals surface area contributed by atoms with Crippen LogP contribution in [0.25, 0.3) is 0 Å². The topological polar surface area (TPSA) is 87.0 Å². The summed E-state index contributed by atoms with van der Waals surface area (Å²) in [6.45, 7) is 6.02. The molecule has 1 spiro atoms. The second kappa shape index (κ2) is 6.04. The first kappa shape index (κ1) is 19.4. The molecule has 0 aromatic carbocycles. The quantitative estimate of drug-likeness (QED) is 0.519. The van der Waals surface area contributed by atoms with E-state index in [1.165, 1.54) is 12.5 Å². The Morgan fingerprint density at radius 3 is 2.63 bits per heavy atom. The smallest absolute Gasteiger partial charge is 0.302 e. The Morgan fingerprint density at radius 1 is 1.22 bits per heavy atom. The second-order valence-corrected chi connectivity index (χ2v) is 10.3. The van der Waals surface area contributed by atoms with E-state index in [9.17, 15) is 20.1 Å². The third kappa shape index (κ3) is 2.50. The fourth-order valence-corrected chi connectivity index (χ4v) is 7.40. The summed E-state index contributed by atoms with van der Waals surface area (Å²) in [6, 6.07) is 0. The molecule has 0 unspecified atom stereocenters. The number of aliphatic hydroxyl groups is 3. The minimum absolute atomic E-state index is 0.0452. The summed E-state index contributed by atoms with van der Waals surface area (Å²) in [7, 11) is 0. The van der Waals surface area contributed by atoms with Crippen molar-refractivity contribution in [1.82, 2.24) is 0 Å². The van der Waals surface area contributed by atoms with Gasteiger partial charge in [0.15, 0.2) is 0 Å². The molecule has 4 aliphatic carbocycles. The summed E-state index contributed by atoms with van der Waals surface area (Å²) in [4.78, 5) is 11.3. The molecule has 4 rings (SSSR count). The standard InChI is InChI=1S/C22H34O5/c1-14(24)27-13-22(26)10-9-21-8-5-16-19(2,12-23)6-4-7-20(16,3)17(21)11-15(22)18(21)25/h11,15-16,18,23,25-26H,4-10,12-13H2,1-3H3/t15-,16-,18+,19-,20-,21+,22-/m0/s1. The Bertz CT molecular complexity index is 674.